The fourth-order valence-corrected chi connectivity index (χ4v) is 15.6. The van der Waals surface area contributed by atoms with Crippen LogP contribution in [0, 0.1) is 13.8 Å². The number of nitrogens with zero attached hydrogens (tertiary/aromatic N) is 2. The van der Waals surface area contributed by atoms with E-state index in [1.165, 1.54) is 103 Å². The number of rotatable bonds is 3. The summed E-state index contributed by atoms with van der Waals surface area (Å²) < 4.78 is 14.6. The molecule has 0 atom stereocenters. The van der Waals surface area contributed by atoms with Gasteiger partial charge in [-0.2, -0.15) is 0 Å². The summed E-state index contributed by atoms with van der Waals surface area (Å²) in [7, 11) is 0. The normalized spacial score (nSPS) is 14.2. The third-order valence-electron chi connectivity index (χ3n) is 15.7. The van der Waals surface area contributed by atoms with E-state index in [2.05, 4.69) is 206 Å². The zero-order valence-electron chi connectivity index (χ0n) is 38.0. The molecule has 2 aromatic heterocycles. The Bertz CT molecular complexity index is 4100. The molecule has 17 rings (SSSR count). The van der Waals surface area contributed by atoms with Crippen LogP contribution in [0.4, 0.5) is 34.1 Å². The second-order valence-electron chi connectivity index (χ2n) is 19.6. The summed E-state index contributed by atoms with van der Waals surface area (Å²) in [5, 5.41) is 4.49. The van der Waals surface area contributed by atoms with Crippen molar-refractivity contribution in [3.63, 3.8) is 0 Å². The molecule has 0 N–H and O–H groups in total. The van der Waals surface area contributed by atoms with Crippen molar-refractivity contribution in [2.45, 2.75) is 33.4 Å². The first kappa shape index (κ1) is 38.1. The smallest absolute Gasteiger partial charge is 0.249 e. The van der Waals surface area contributed by atoms with Gasteiger partial charge in [0.2, 0.25) is 13.4 Å². The highest BCUT2D eigenvalue weighted by atomic mass is 32.2. The molecule has 0 saturated carbocycles. The fraction of sp³-hybridized carbons (Fsp3) is 0.0323. The SMILES string of the molecule is Cc1ccc2c(c1)oc1c3c4c(cc12)B1c2cccc(-c5ccccc5)c2Sc2cc5c6c(c21)N4c1c(cc2c(oc4cc(C)ccc42)c1N3c1ccccc1)B6c1cccc(-c2ccccc2)c1S5. The maximum Gasteiger partial charge on any atom is 0.249 e. The third-order valence-corrected chi connectivity index (χ3v) is 18.2. The Balaban J connectivity index is 1.09. The van der Waals surface area contributed by atoms with Crippen molar-refractivity contribution in [1.29, 1.82) is 0 Å². The summed E-state index contributed by atoms with van der Waals surface area (Å²) in [6.45, 7) is 4.20. The second kappa shape index (κ2) is 13.5. The quantitative estimate of drug-likeness (QED) is 0.164. The lowest BCUT2D eigenvalue weighted by Crippen LogP contribution is -2.68. The highest BCUT2D eigenvalue weighted by Gasteiger charge is 2.54. The Morgan fingerprint density at radius 2 is 0.857 bits per heavy atom. The van der Waals surface area contributed by atoms with Crippen LogP contribution in [0.1, 0.15) is 11.1 Å². The molecule has 5 aliphatic rings. The van der Waals surface area contributed by atoms with Crippen molar-refractivity contribution in [3.05, 3.63) is 193 Å². The molecule has 0 fully saturated rings. The van der Waals surface area contributed by atoms with Crippen LogP contribution in [0.25, 0.3) is 66.1 Å². The van der Waals surface area contributed by atoms with E-state index in [1.54, 1.807) is 0 Å². The van der Waals surface area contributed by atoms with Crippen LogP contribution in [0.5, 0.6) is 0 Å². The molecular formula is C62H36B2N2O2S2. The molecule has 10 aromatic carbocycles. The third kappa shape index (κ3) is 4.78. The van der Waals surface area contributed by atoms with Crippen LogP contribution in [-0.2, 0) is 0 Å². The van der Waals surface area contributed by atoms with Gasteiger partial charge in [-0.15, -0.1) is 0 Å². The Kier molecular flexibility index (Phi) is 7.36. The molecule has 12 aromatic rings. The van der Waals surface area contributed by atoms with Crippen LogP contribution >= 0.6 is 23.5 Å². The molecule has 70 heavy (non-hydrogen) atoms. The van der Waals surface area contributed by atoms with Gasteiger partial charge in [0.25, 0.3) is 0 Å². The van der Waals surface area contributed by atoms with Crippen molar-refractivity contribution < 1.29 is 8.83 Å². The van der Waals surface area contributed by atoms with E-state index in [0.717, 1.165) is 60.9 Å². The number of fused-ring (bicyclic) bond motifs is 14. The standard InChI is InChI=1S/C62H36B2N2O2S2/c1-33-24-26-40-42-30-46-54-57(59(42)67-48(40)28-33)65(37-18-10-5-11-19-37)58-55-47(31-43-41-27-25-34(2)29-49(41)68-60(43)58)64-45-23-13-21-39(36-16-8-4-9-17-36)62(45)70-51-32-50-52(56(53(51)64)66(54)55)63(46)44-22-12-20-38(61(44)69-50)35-14-6-3-7-15-35/h3-32H,1-2H3. The Labute approximate surface area is 412 Å². The summed E-state index contributed by atoms with van der Waals surface area (Å²) in [4.78, 5) is 10.5. The topological polar surface area (TPSA) is 32.8 Å². The summed E-state index contributed by atoms with van der Waals surface area (Å²) in [6.07, 6.45) is 0. The lowest BCUT2D eigenvalue weighted by atomic mass is 9.30. The number of anilines is 6. The minimum atomic E-state index is -0.0543. The van der Waals surface area contributed by atoms with E-state index in [0.29, 0.717) is 0 Å². The molecule has 0 radical (unpaired) electrons. The molecule has 8 heteroatoms. The van der Waals surface area contributed by atoms with Gasteiger partial charge in [-0.05, 0) is 99.4 Å². The van der Waals surface area contributed by atoms with Crippen LogP contribution in [0.3, 0.4) is 0 Å². The first-order valence-electron chi connectivity index (χ1n) is 24.1. The van der Waals surface area contributed by atoms with Crippen molar-refractivity contribution >= 4 is 148 Å². The van der Waals surface area contributed by atoms with Crippen LogP contribution in [0.15, 0.2) is 210 Å². The summed E-state index contributed by atoms with van der Waals surface area (Å²) in [6, 6.07) is 67.9. The van der Waals surface area contributed by atoms with E-state index >= 15 is 0 Å². The Hall–Kier alpha value is -7.77. The molecule has 5 aliphatic heterocycles. The van der Waals surface area contributed by atoms with Crippen LogP contribution in [0.2, 0.25) is 0 Å². The van der Waals surface area contributed by atoms with Gasteiger partial charge < -0.3 is 18.6 Å². The summed E-state index contributed by atoms with van der Waals surface area (Å²) in [5.41, 5.74) is 25.8. The molecule has 0 saturated heterocycles. The first-order valence-corrected chi connectivity index (χ1v) is 25.8. The van der Waals surface area contributed by atoms with Gasteiger partial charge in [0.1, 0.15) is 22.5 Å². The van der Waals surface area contributed by atoms with Crippen molar-refractivity contribution in [2.75, 3.05) is 9.80 Å². The van der Waals surface area contributed by atoms with E-state index in [4.69, 9.17) is 8.83 Å². The van der Waals surface area contributed by atoms with Gasteiger partial charge in [-0.1, -0.05) is 186 Å². The lowest BCUT2D eigenvalue weighted by molar-refractivity contribution is 0.665. The van der Waals surface area contributed by atoms with Gasteiger partial charge in [0.05, 0.1) is 11.4 Å². The van der Waals surface area contributed by atoms with E-state index in [1.807, 2.05) is 23.5 Å². The van der Waals surface area contributed by atoms with E-state index < -0.39 is 0 Å². The largest absolute Gasteiger partial charge is 0.454 e. The molecule has 7 heterocycles. The molecule has 0 bridgehead atoms. The predicted octanol–water partition coefficient (Wildman–Crippen LogP) is 13.3. The molecule has 0 aliphatic carbocycles. The predicted molar refractivity (Wildman–Crippen MR) is 295 cm³/mol. The summed E-state index contributed by atoms with van der Waals surface area (Å²) >= 11 is 3.91. The monoisotopic (exact) mass is 926 g/mol. The van der Waals surface area contributed by atoms with Crippen molar-refractivity contribution in [2.24, 2.45) is 0 Å². The highest BCUT2D eigenvalue weighted by Crippen LogP contribution is 2.62. The molecule has 0 unspecified atom stereocenters. The highest BCUT2D eigenvalue weighted by molar-refractivity contribution is 8.01. The van der Waals surface area contributed by atoms with Gasteiger partial charge >= 0.3 is 0 Å². The lowest BCUT2D eigenvalue weighted by Gasteiger charge is -2.52. The second-order valence-corrected chi connectivity index (χ2v) is 21.7. The van der Waals surface area contributed by atoms with Crippen LogP contribution in [-0.4, -0.2) is 13.4 Å². The number of benzene rings is 10. The van der Waals surface area contributed by atoms with Gasteiger partial charge in [0, 0.05) is 52.5 Å². The average Bonchev–Trinajstić information content (AvgIpc) is 3.95. The van der Waals surface area contributed by atoms with Gasteiger partial charge in [0.15, 0.2) is 11.2 Å². The molecule has 4 nitrogen and oxygen atoms in total. The Morgan fingerprint density at radius 3 is 1.34 bits per heavy atom. The molecular weight excluding hydrogens is 890 g/mol. The van der Waals surface area contributed by atoms with Crippen molar-refractivity contribution in [1.82, 2.24) is 0 Å². The number of para-hydroxylation sites is 1. The number of hydrogen-bond donors (Lipinski definition) is 0. The minimum Gasteiger partial charge on any atom is -0.454 e. The van der Waals surface area contributed by atoms with E-state index in [-0.39, 0.29) is 13.4 Å². The maximum absolute atomic E-state index is 7.31. The maximum atomic E-state index is 7.31. The zero-order valence-corrected chi connectivity index (χ0v) is 39.6. The number of hydrogen-bond acceptors (Lipinski definition) is 6. The Morgan fingerprint density at radius 1 is 0.386 bits per heavy atom. The number of aryl methyl sites for hydroxylation is 2. The minimum absolute atomic E-state index is 0.0543. The van der Waals surface area contributed by atoms with Crippen molar-refractivity contribution in [3.8, 4) is 22.3 Å². The van der Waals surface area contributed by atoms with E-state index in [9.17, 15) is 0 Å². The van der Waals surface area contributed by atoms with Gasteiger partial charge in [-0.25, -0.2) is 0 Å². The zero-order chi connectivity index (χ0) is 45.7. The summed E-state index contributed by atoms with van der Waals surface area (Å²) in [5.74, 6) is 0. The van der Waals surface area contributed by atoms with Gasteiger partial charge in [-0.3, -0.25) is 0 Å². The molecule has 0 amide bonds. The molecule has 0 spiro atoms. The average molecular weight is 927 g/mol. The molecule has 324 valence electrons. The fourth-order valence-electron chi connectivity index (χ4n) is 12.9. The van der Waals surface area contributed by atoms with Crippen LogP contribution < -0.4 is 42.6 Å². The first-order chi connectivity index (χ1) is 34.6. The number of furan rings is 2.